The van der Waals surface area contributed by atoms with Crippen molar-refractivity contribution >= 4 is 5.69 Å². The van der Waals surface area contributed by atoms with Crippen molar-refractivity contribution in [3.05, 3.63) is 24.3 Å². The molecule has 0 saturated heterocycles. The molecule has 0 aliphatic rings. The summed E-state index contributed by atoms with van der Waals surface area (Å²) in [6.45, 7) is 4.66. The lowest BCUT2D eigenvalue weighted by Gasteiger charge is -2.11. The predicted octanol–water partition coefficient (Wildman–Crippen LogP) is 2.59. The van der Waals surface area contributed by atoms with Gasteiger partial charge in [-0.2, -0.15) is 4.98 Å². The normalized spacial score (nSPS) is 12.5. The molecule has 2 rings (SSSR count). The molecule has 2 heterocycles. The van der Waals surface area contributed by atoms with Crippen molar-refractivity contribution < 1.29 is 9.26 Å². The summed E-state index contributed by atoms with van der Waals surface area (Å²) in [4.78, 5) is 8.36. The number of rotatable bonds is 6. The van der Waals surface area contributed by atoms with Gasteiger partial charge in [-0.25, -0.2) is 0 Å². The average molecular weight is 262 g/mol. The van der Waals surface area contributed by atoms with Gasteiger partial charge in [-0.3, -0.25) is 4.98 Å². The van der Waals surface area contributed by atoms with Crippen LogP contribution < -0.4 is 5.73 Å². The van der Waals surface area contributed by atoms with E-state index in [9.17, 15) is 0 Å². The van der Waals surface area contributed by atoms with Crippen LogP contribution in [0.1, 0.15) is 38.6 Å². The van der Waals surface area contributed by atoms with Gasteiger partial charge in [0.1, 0.15) is 6.10 Å². The molecule has 0 aliphatic carbocycles. The van der Waals surface area contributed by atoms with Crippen molar-refractivity contribution in [2.75, 3.05) is 12.3 Å². The van der Waals surface area contributed by atoms with Crippen LogP contribution in [0.5, 0.6) is 0 Å². The first-order chi connectivity index (χ1) is 9.24. The molecule has 2 aromatic heterocycles. The zero-order chi connectivity index (χ0) is 13.7. The van der Waals surface area contributed by atoms with Crippen LogP contribution in [-0.4, -0.2) is 21.7 Å². The lowest BCUT2D eigenvalue weighted by molar-refractivity contribution is 0.0478. The molecule has 0 amide bonds. The van der Waals surface area contributed by atoms with Crippen LogP contribution >= 0.6 is 0 Å². The van der Waals surface area contributed by atoms with E-state index >= 15 is 0 Å². The minimum absolute atomic E-state index is 0.124. The van der Waals surface area contributed by atoms with E-state index in [2.05, 4.69) is 22.0 Å². The number of nitrogen functional groups attached to an aromatic ring is 1. The molecule has 1 unspecified atom stereocenters. The first-order valence-corrected chi connectivity index (χ1v) is 6.40. The maximum Gasteiger partial charge on any atom is 0.259 e. The third-order valence-electron chi connectivity index (χ3n) is 2.65. The Bertz CT molecular complexity index is 521. The van der Waals surface area contributed by atoms with Gasteiger partial charge in [0.25, 0.3) is 5.89 Å². The van der Waals surface area contributed by atoms with Gasteiger partial charge in [-0.15, -0.1) is 0 Å². The minimum Gasteiger partial charge on any atom is -0.397 e. The van der Waals surface area contributed by atoms with E-state index in [0.29, 0.717) is 29.6 Å². The van der Waals surface area contributed by atoms with Gasteiger partial charge in [0.05, 0.1) is 11.3 Å². The molecule has 19 heavy (non-hydrogen) atoms. The van der Waals surface area contributed by atoms with Gasteiger partial charge in [-0.05, 0) is 19.4 Å². The Morgan fingerprint density at radius 1 is 1.37 bits per heavy atom. The zero-order valence-corrected chi connectivity index (χ0v) is 11.2. The highest BCUT2D eigenvalue weighted by Crippen LogP contribution is 2.24. The fourth-order valence-corrected chi connectivity index (χ4v) is 1.81. The number of ether oxygens (including phenoxy) is 1. The summed E-state index contributed by atoms with van der Waals surface area (Å²) in [5.74, 6) is 0.983. The maximum absolute atomic E-state index is 5.68. The summed E-state index contributed by atoms with van der Waals surface area (Å²) in [7, 11) is 0. The first kappa shape index (κ1) is 13.5. The Morgan fingerprint density at radius 2 is 2.21 bits per heavy atom. The SMILES string of the molecule is CCCC(OCC)c1noc(-c2cncc(N)c2)n1. The molecule has 0 radical (unpaired) electrons. The Labute approximate surface area is 112 Å². The van der Waals surface area contributed by atoms with Gasteiger partial charge in [0, 0.05) is 19.0 Å². The summed E-state index contributed by atoms with van der Waals surface area (Å²) in [5, 5.41) is 3.98. The van der Waals surface area contributed by atoms with Crippen LogP contribution in [0.4, 0.5) is 5.69 Å². The topological polar surface area (TPSA) is 87.1 Å². The van der Waals surface area contributed by atoms with Crippen LogP contribution in [0, 0.1) is 0 Å². The smallest absolute Gasteiger partial charge is 0.259 e. The molecule has 0 saturated carbocycles. The molecule has 6 heteroatoms. The van der Waals surface area contributed by atoms with Crippen molar-refractivity contribution in [2.45, 2.75) is 32.8 Å². The second-order valence-electron chi connectivity index (χ2n) is 4.20. The molecule has 1 atom stereocenters. The minimum atomic E-state index is -0.124. The lowest BCUT2D eigenvalue weighted by atomic mass is 10.2. The van der Waals surface area contributed by atoms with Crippen molar-refractivity contribution in [3.8, 4) is 11.5 Å². The van der Waals surface area contributed by atoms with E-state index in [0.717, 1.165) is 12.8 Å². The van der Waals surface area contributed by atoms with Crippen LogP contribution in [0.3, 0.4) is 0 Å². The van der Waals surface area contributed by atoms with E-state index in [1.807, 2.05) is 6.92 Å². The second kappa shape index (κ2) is 6.29. The molecule has 2 aromatic rings. The summed E-state index contributed by atoms with van der Waals surface area (Å²) in [6, 6.07) is 1.75. The van der Waals surface area contributed by atoms with Crippen molar-refractivity contribution in [1.29, 1.82) is 0 Å². The first-order valence-electron chi connectivity index (χ1n) is 6.40. The highest BCUT2D eigenvalue weighted by molar-refractivity contribution is 5.57. The van der Waals surface area contributed by atoms with E-state index < -0.39 is 0 Å². The standard InChI is InChI=1S/C13H18N4O2/c1-3-5-11(18-4-2)12-16-13(19-17-12)9-6-10(14)8-15-7-9/h6-8,11H,3-5,14H2,1-2H3. The predicted molar refractivity (Wildman–Crippen MR) is 71.2 cm³/mol. The summed E-state index contributed by atoms with van der Waals surface area (Å²) in [6.07, 6.45) is 4.95. The van der Waals surface area contributed by atoms with Gasteiger partial charge in [0.2, 0.25) is 5.82 Å². The molecule has 2 N–H and O–H groups in total. The molecule has 0 bridgehead atoms. The van der Waals surface area contributed by atoms with Crippen molar-refractivity contribution in [2.24, 2.45) is 0 Å². The monoisotopic (exact) mass is 262 g/mol. The Hall–Kier alpha value is -1.95. The quantitative estimate of drug-likeness (QED) is 0.861. The maximum atomic E-state index is 5.68. The summed E-state index contributed by atoms with van der Waals surface area (Å²) in [5.41, 5.74) is 6.96. The Morgan fingerprint density at radius 3 is 2.89 bits per heavy atom. The highest BCUT2D eigenvalue weighted by Gasteiger charge is 2.18. The van der Waals surface area contributed by atoms with E-state index in [1.54, 1.807) is 18.5 Å². The molecule has 102 valence electrons. The molecular formula is C13H18N4O2. The Balaban J connectivity index is 2.22. The van der Waals surface area contributed by atoms with Crippen molar-refractivity contribution in [3.63, 3.8) is 0 Å². The summed E-state index contributed by atoms with van der Waals surface area (Å²) < 4.78 is 10.9. The number of nitrogens with two attached hydrogens (primary N) is 1. The van der Waals surface area contributed by atoms with Gasteiger partial charge >= 0.3 is 0 Å². The molecule has 6 nitrogen and oxygen atoms in total. The number of hydrogen-bond acceptors (Lipinski definition) is 6. The largest absolute Gasteiger partial charge is 0.397 e. The third kappa shape index (κ3) is 3.29. The Kier molecular flexibility index (Phi) is 4.46. The third-order valence-corrected chi connectivity index (χ3v) is 2.65. The van der Waals surface area contributed by atoms with Gasteiger partial charge < -0.3 is 15.0 Å². The van der Waals surface area contributed by atoms with Crippen LogP contribution in [0.25, 0.3) is 11.5 Å². The van der Waals surface area contributed by atoms with E-state index in [-0.39, 0.29) is 6.10 Å². The molecule has 0 fully saturated rings. The van der Waals surface area contributed by atoms with Gasteiger partial charge in [-0.1, -0.05) is 18.5 Å². The highest BCUT2D eigenvalue weighted by atomic mass is 16.5. The number of hydrogen-bond donors (Lipinski definition) is 1. The van der Waals surface area contributed by atoms with E-state index in [1.165, 1.54) is 0 Å². The van der Waals surface area contributed by atoms with Crippen LogP contribution in [-0.2, 0) is 4.74 Å². The number of anilines is 1. The van der Waals surface area contributed by atoms with Crippen LogP contribution in [0.2, 0.25) is 0 Å². The number of aromatic nitrogens is 3. The fourth-order valence-electron chi connectivity index (χ4n) is 1.81. The summed E-state index contributed by atoms with van der Waals surface area (Å²) >= 11 is 0. The second-order valence-corrected chi connectivity index (χ2v) is 4.20. The van der Waals surface area contributed by atoms with Gasteiger partial charge in [0.15, 0.2) is 0 Å². The molecule has 0 aromatic carbocycles. The number of pyridine rings is 1. The lowest BCUT2D eigenvalue weighted by Crippen LogP contribution is -2.05. The molecule has 0 aliphatic heterocycles. The fraction of sp³-hybridized carbons (Fsp3) is 0.462. The van der Waals surface area contributed by atoms with E-state index in [4.69, 9.17) is 15.0 Å². The molecule has 0 spiro atoms. The zero-order valence-electron chi connectivity index (χ0n) is 11.2. The number of nitrogens with zero attached hydrogens (tertiary/aromatic N) is 3. The molecular weight excluding hydrogens is 244 g/mol. The van der Waals surface area contributed by atoms with Crippen molar-refractivity contribution in [1.82, 2.24) is 15.1 Å². The average Bonchev–Trinajstić information content (AvgIpc) is 2.88. The van der Waals surface area contributed by atoms with Crippen LogP contribution in [0.15, 0.2) is 23.0 Å².